The Hall–Kier alpha value is -3.60. The largest absolute Gasteiger partial charge is 0.342 e. The Morgan fingerprint density at radius 2 is 1.81 bits per heavy atom. The van der Waals surface area contributed by atoms with Crippen molar-refractivity contribution in [1.82, 2.24) is 15.0 Å². The minimum absolute atomic E-state index is 0.0662. The van der Waals surface area contributed by atoms with Gasteiger partial charge in [0.05, 0.1) is 17.7 Å². The maximum absolute atomic E-state index is 15.5. The van der Waals surface area contributed by atoms with Gasteiger partial charge in [0.1, 0.15) is 11.5 Å². The first-order chi connectivity index (χ1) is 17.7. The highest BCUT2D eigenvalue weighted by atomic mass is 35.5. The highest BCUT2D eigenvalue weighted by Crippen LogP contribution is 2.46. The summed E-state index contributed by atoms with van der Waals surface area (Å²) in [6.07, 6.45) is 1.29. The van der Waals surface area contributed by atoms with E-state index in [2.05, 4.69) is 15.0 Å². The third-order valence-electron chi connectivity index (χ3n) is 6.93. The summed E-state index contributed by atoms with van der Waals surface area (Å²) >= 11 is 6.17. The van der Waals surface area contributed by atoms with Gasteiger partial charge in [-0.3, -0.25) is 4.90 Å². The smallest absolute Gasteiger partial charge is 0.214 e. The van der Waals surface area contributed by atoms with Crippen LogP contribution in [0.5, 0.6) is 0 Å². The van der Waals surface area contributed by atoms with E-state index in [0.29, 0.717) is 29.5 Å². The second-order valence-corrected chi connectivity index (χ2v) is 10.4. The van der Waals surface area contributed by atoms with Gasteiger partial charge in [0, 0.05) is 29.6 Å². The Kier molecular flexibility index (Phi) is 6.80. The van der Waals surface area contributed by atoms with E-state index < -0.39 is 17.4 Å². The molecule has 37 heavy (non-hydrogen) atoms. The van der Waals surface area contributed by atoms with Crippen LogP contribution in [0.1, 0.15) is 48.1 Å². The molecule has 0 spiro atoms. The van der Waals surface area contributed by atoms with E-state index in [1.54, 1.807) is 6.07 Å². The number of likely N-dealkylation sites (tertiary alicyclic amines) is 1. The highest BCUT2D eigenvalue weighted by Gasteiger charge is 2.45. The van der Waals surface area contributed by atoms with Crippen molar-refractivity contribution in [2.24, 2.45) is 5.92 Å². The number of nitriles is 1. The topological polar surface area (TPSA) is 66.0 Å². The van der Waals surface area contributed by atoms with Gasteiger partial charge < -0.3 is 4.52 Å². The van der Waals surface area contributed by atoms with Gasteiger partial charge in [-0.2, -0.15) is 10.2 Å². The van der Waals surface area contributed by atoms with Crippen LogP contribution in [0.2, 0.25) is 5.02 Å². The van der Waals surface area contributed by atoms with Crippen LogP contribution in [-0.4, -0.2) is 33.8 Å². The van der Waals surface area contributed by atoms with Gasteiger partial charge in [0.15, 0.2) is 0 Å². The lowest BCUT2D eigenvalue weighted by molar-refractivity contribution is 0.00813. The zero-order valence-corrected chi connectivity index (χ0v) is 21.2. The fourth-order valence-corrected chi connectivity index (χ4v) is 5.59. The number of alkyl halides is 1. The molecule has 1 saturated heterocycles. The van der Waals surface area contributed by atoms with Crippen molar-refractivity contribution in [3.05, 3.63) is 106 Å². The first-order valence-corrected chi connectivity index (χ1v) is 12.4. The third kappa shape index (κ3) is 5.27. The fraction of sp³-hybridized carbons (Fsp3) is 0.276. The van der Waals surface area contributed by atoms with E-state index in [9.17, 15) is 9.65 Å². The van der Waals surface area contributed by atoms with E-state index in [0.717, 1.165) is 16.7 Å². The Balaban J connectivity index is 1.48. The maximum Gasteiger partial charge on any atom is 0.214 e. The van der Waals surface area contributed by atoms with Crippen molar-refractivity contribution in [2.75, 3.05) is 13.1 Å². The van der Waals surface area contributed by atoms with Crippen LogP contribution >= 0.6 is 11.6 Å². The number of benzene rings is 3. The third-order valence-corrected chi connectivity index (χ3v) is 7.18. The number of aromatic nitrogens is 2. The Labute approximate surface area is 219 Å². The van der Waals surface area contributed by atoms with Crippen molar-refractivity contribution in [3.63, 3.8) is 0 Å². The molecule has 1 aromatic heterocycles. The minimum Gasteiger partial charge on any atom is -0.342 e. The Bertz CT molecular complexity index is 1420. The van der Waals surface area contributed by atoms with Gasteiger partial charge in [-0.25, -0.2) is 8.78 Å². The van der Waals surface area contributed by atoms with E-state index in [1.165, 1.54) is 32.4 Å². The summed E-state index contributed by atoms with van der Waals surface area (Å²) in [4.78, 5) is 6.43. The number of hydrogen-bond donors (Lipinski definition) is 0. The van der Waals surface area contributed by atoms with Crippen molar-refractivity contribution in [3.8, 4) is 17.5 Å². The molecule has 1 fully saturated rings. The zero-order valence-electron chi connectivity index (χ0n) is 20.4. The normalized spacial score (nSPS) is 16.1. The molecule has 0 unspecified atom stereocenters. The number of rotatable bonds is 7. The number of nitrogens with zero attached hydrogens (tertiary/aromatic N) is 4. The molecule has 1 aliphatic heterocycles. The van der Waals surface area contributed by atoms with Gasteiger partial charge >= 0.3 is 0 Å². The molecule has 0 bridgehead atoms. The molecule has 8 heteroatoms. The average Bonchev–Trinajstić information content (AvgIpc) is 3.38. The Morgan fingerprint density at radius 1 is 1.05 bits per heavy atom. The van der Waals surface area contributed by atoms with Gasteiger partial charge in [-0.05, 0) is 72.9 Å². The predicted molar refractivity (Wildman–Crippen MR) is 137 cm³/mol. The molecule has 0 N–H and O–H groups in total. The molecule has 188 valence electrons. The van der Waals surface area contributed by atoms with Crippen LogP contribution in [0.3, 0.4) is 0 Å². The highest BCUT2D eigenvalue weighted by molar-refractivity contribution is 6.30. The van der Waals surface area contributed by atoms with E-state index in [4.69, 9.17) is 16.1 Å². The summed E-state index contributed by atoms with van der Waals surface area (Å²) in [7, 11) is 0. The molecule has 0 amide bonds. The monoisotopic (exact) mass is 518 g/mol. The van der Waals surface area contributed by atoms with Crippen molar-refractivity contribution >= 4 is 11.6 Å². The molecule has 5 rings (SSSR count). The van der Waals surface area contributed by atoms with E-state index in [1.807, 2.05) is 54.6 Å². The van der Waals surface area contributed by atoms with Crippen molar-refractivity contribution in [1.29, 1.82) is 5.26 Å². The molecular weight excluding hydrogens is 494 g/mol. The summed E-state index contributed by atoms with van der Waals surface area (Å²) in [5.41, 5.74) is 1.99. The zero-order chi connectivity index (χ0) is 26.2. The standard InChI is InChI=1S/C29H25ClF2N4O/c1-29(2,32)26(22-10-18(14-33)11-25(31)13-22)23-15-36(16-23)27(19-6-8-24(30)9-7-19)20-4-3-5-21(12-20)28-34-17-37-35-28/h3-13,17,23,26-27H,15-16H2,1-2H3/t26-,27+/m1/s1. The van der Waals surface area contributed by atoms with Crippen LogP contribution < -0.4 is 0 Å². The first-order valence-electron chi connectivity index (χ1n) is 12.0. The SMILES string of the molecule is CC(C)(F)[C@H](c1cc(F)cc(C#N)c1)C1CN([C@@H](c2ccc(Cl)cc2)c2cccc(-c3ncon3)c2)C1. The molecule has 5 nitrogen and oxygen atoms in total. The molecule has 0 aliphatic carbocycles. The molecule has 3 aromatic carbocycles. The number of hydrogen-bond acceptors (Lipinski definition) is 5. The molecule has 0 radical (unpaired) electrons. The summed E-state index contributed by atoms with van der Waals surface area (Å²) in [5, 5.41) is 13.9. The molecule has 1 aliphatic rings. The molecule has 0 saturated carbocycles. The lowest BCUT2D eigenvalue weighted by atomic mass is 9.72. The lowest BCUT2D eigenvalue weighted by Gasteiger charge is -2.50. The van der Waals surface area contributed by atoms with Crippen molar-refractivity contribution < 1.29 is 13.3 Å². The second kappa shape index (κ2) is 10.0. The summed E-state index contributed by atoms with van der Waals surface area (Å²) in [5.74, 6) is -0.666. The summed E-state index contributed by atoms with van der Waals surface area (Å²) in [6, 6.07) is 21.6. The van der Waals surface area contributed by atoms with E-state index >= 15 is 4.39 Å². The quantitative estimate of drug-likeness (QED) is 0.265. The van der Waals surface area contributed by atoms with Gasteiger partial charge in [0.25, 0.3) is 0 Å². The molecule has 4 aromatic rings. The predicted octanol–water partition coefficient (Wildman–Crippen LogP) is 6.95. The van der Waals surface area contributed by atoms with Crippen LogP contribution in [0.25, 0.3) is 11.4 Å². The molecular formula is C29H25ClF2N4O. The Morgan fingerprint density at radius 3 is 2.46 bits per heavy atom. The first kappa shape index (κ1) is 25.1. The number of halogens is 3. The van der Waals surface area contributed by atoms with Crippen LogP contribution in [0.4, 0.5) is 8.78 Å². The van der Waals surface area contributed by atoms with Crippen LogP contribution in [0, 0.1) is 23.1 Å². The van der Waals surface area contributed by atoms with Gasteiger partial charge in [-0.1, -0.05) is 47.1 Å². The minimum atomic E-state index is -1.61. The van der Waals surface area contributed by atoms with Crippen molar-refractivity contribution in [2.45, 2.75) is 31.5 Å². The lowest BCUT2D eigenvalue weighted by Crippen LogP contribution is -2.53. The maximum atomic E-state index is 15.5. The second-order valence-electron chi connectivity index (χ2n) is 9.98. The summed E-state index contributed by atoms with van der Waals surface area (Å²) in [6.45, 7) is 4.22. The average molecular weight is 519 g/mol. The molecule has 2 atom stereocenters. The molecule has 2 heterocycles. The van der Waals surface area contributed by atoms with Gasteiger partial charge in [-0.15, -0.1) is 0 Å². The van der Waals surface area contributed by atoms with Crippen LogP contribution in [0.15, 0.2) is 77.6 Å². The van der Waals surface area contributed by atoms with Crippen LogP contribution in [-0.2, 0) is 0 Å². The fourth-order valence-electron chi connectivity index (χ4n) is 5.46. The summed E-state index contributed by atoms with van der Waals surface area (Å²) < 4.78 is 34.7. The van der Waals surface area contributed by atoms with E-state index in [-0.39, 0.29) is 17.5 Å². The van der Waals surface area contributed by atoms with Gasteiger partial charge in [0.2, 0.25) is 12.2 Å².